The van der Waals surface area contributed by atoms with Gasteiger partial charge in [0.25, 0.3) is 6.17 Å². The van der Waals surface area contributed by atoms with Gasteiger partial charge in [-0.1, -0.05) is 0 Å². The highest BCUT2D eigenvalue weighted by Crippen LogP contribution is 2.40. The second-order valence-electron chi connectivity index (χ2n) is 1.90. The van der Waals surface area contributed by atoms with Gasteiger partial charge in [0.1, 0.15) is 0 Å². The zero-order chi connectivity index (χ0) is 9.41. The van der Waals surface area contributed by atoms with Crippen molar-refractivity contribution >= 4 is 0 Å². The van der Waals surface area contributed by atoms with Crippen LogP contribution in [0.25, 0.3) is 0 Å². The lowest BCUT2D eigenvalue weighted by molar-refractivity contribution is -0.288. The van der Waals surface area contributed by atoms with Crippen molar-refractivity contribution in [1.82, 2.24) is 0 Å². The fourth-order valence-corrected chi connectivity index (χ4v) is 0.459. The molecule has 0 saturated heterocycles. The van der Waals surface area contributed by atoms with Gasteiger partial charge in [-0.25, -0.2) is 0 Å². The molecule has 0 aromatic heterocycles. The highest BCUT2D eigenvalue weighted by atomic mass is 19.4. The van der Waals surface area contributed by atoms with E-state index >= 15 is 0 Å². The van der Waals surface area contributed by atoms with Crippen LogP contribution in [0.4, 0.5) is 22.0 Å². The summed E-state index contributed by atoms with van der Waals surface area (Å²) in [7, 11) is 0. The maximum Gasteiger partial charge on any atom is 0.457 e. The quantitative estimate of drug-likeness (QED) is 0.567. The molecule has 0 saturated carbocycles. The van der Waals surface area contributed by atoms with Crippen molar-refractivity contribution in [3.8, 4) is 0 Å². The van der Waals surface area contributed by atoms with Crippen molar-refractivity contribution < 1.29 is 22.0 Å². The lowest BCUT2D eigenvalue weighted by Crippen LogP contribution is -2.44. The molecule has 4 nitrogen and oxygen atoms in total. The fourth-order valence-electron chi connectivity index (χ4n) is 0.459. The Kier molecular flexibility index (Phi) is 1.80. The predicted molar refractivity (Wildman–Crippen MR) is 24.5 cm³/mol. The summed E-state index contributed by atoms with van der Waals surface area (Å²) >= 11 is 0. The predicted octanol–water partition coefficient (Wildman–Crippen LogP) is 2.34. The van der Waals surface area contributed by atoms with E-state index in [4.69, 9.17) is 0 Å². The minimum Gasteiger partial charge on any atom is -0.191 e. The normalized spacial score (nSPS) is 19.1. The Morgan fingerprint density at radius 1 is 0.833 bits per heavy atom. The standard InChI is InChI=1S/C3HF5N4/c4-2(5,3(6,7)8)1-9-11-12-10-1/h1H. The SMILES string of the molecule is FC(F)(F)C(F)(F)C1N=NN=N1. The Balaban J connectivity index is 2.85. The number of nitrogens with zero attached hydrogens (tertiary/aromatic N) is 4. The summed E-state index contributed by atoms with van der Waals surface area (Å²) in [5.74, 6) is -5.00. The van der Waals surface area contributed by atoms with E-state index in [0.717, 1.165) is 0 Å². The second kappa shape index (κ2) is 2.42. The summed E-state index contributed by atoms with van der Waals surface area (Å²) in [6.45, 7) is 0. The third-order valence-corrected chi connectivity index (χ3v) is 1.06. The molecule has 68 valence electrons. The zero-order valence-corrected chi connectivity index (χ0v) is 5.26. The fraction of sp³-hybridized carbons (Fsp3) is 1.00. The molecule has 0 unspecified atom stereocenters. The molecule has 12 heavy (non-hydrogen) atoms. The van der Waals surface area contributed by atoms with E-state index in [0.29, 0.717) is 0 Å². The van der Waals surface area contributed by atoms with Gasteiger partial charge in [0.05, 0.1) is 0 Å². The molecule has 1 heterocycles. The largest absolute Gasteiger partial charge is 0.457 e. The van der Waals surface area contributed by atoms with Gasteiger partial charge in [-0.2, -0.15) is 22.0 Å². The van der Waals surface area contributed by atoms with Gasteiger partial charge in [0, 0.05) is 0 Å². The van der Waals surface area contributed by atoms with Crippen LogP contribution in [0, 0.1) is 0 Å². The summed E-state index contributed by atoms with van der Waals surface area (Å²) in [6, 6.07) is 0. The first-order chi connectivity index (χ1) is 5.36. The Morgan fingerprint density at radius 3 is 1.58 bits per heavy atom. The van der Waals surface area contributed by atoms with Crippen LogP contribution in [0.1, 0.15) is 0 Å². The Labute approximate surface area is 62.2 Å². The molecule has 9 heteroatoms. The van der Waals surface area contributed by atoms with E-state index in [1.165, 1.54) is 0 Å². The lowest BCUT2D eigenvalue weighted by atomic mass is 10.3. The number of hydrogen-bond acceptors (Lipinski definition) is 4. The molecule has 0 bridgehead atoms. The van der Waals surface area contributed by atoms with Gasteiger partial charge in [0.2, 0.25) is 0 Å². The van der Waals surface area contributed by atoms with Crippen molar-refractivity contribution in [1.29, 1.82) is 0 Å². The van der Waals surface area contributed by atoms with E-state index in [1.807, 2.05) is 0 Å². The molecule has 1 aliphatic heterocycles. The summed E-state index contributed by atoms with van der Waals surface area (Å²) < 4.78 is 59.0. The van der Waals surface area contributed by atoms with Crippen LogP contribution in [-0.2, 0) is 0 Å². The van der Waals surface area contributed by atoms with Crippen LogP contribution < -0.4 is 0 Å². The highest BCUT2D eigenvalue weighted by molar-refractivity contribution is 4.87. The van der Waals surface area contributed by atoms with Crippen LogP contribution in [-0.4, -0.2) is 18.3 Å². The van der Waals surface area contributed by atoms with Crippen molar-refractivity contribution in [2.75, 3.05) is 0 Å². The van der Waals surface area contributed by atoms with Gasteiger partial charge in [-0.3, -0.25) is 0 Å². The minimum absolute atomic E-state index is 2.50. The van der Waals surface area contributed by atoms with E-state index in [-0.39, 0.29) is 0 Å². The molecular weight excluding hydrogens is 187 g/mol. The smallest absolute Gasteiger partial charge is 0.191 e. The molecule has 0 radical (unpaired) electrons. The van der Waals surface area contributed by atoms with E-state index < -0.39 is 18.3 Å². The Hall–Kier alpha value is -1.15. The Morgan fingerprint density at radius 2 is 1.25 bits per heavy atom. The molecule has 0 atom stereocenters. The molecule has 1 rings (SSSR count). The summed E-state index contributed by atoms with van der Waals surface area (Å²) in [5.41, 5.74) is 0. The van der Waals surface area contributed by atoms with Crippen LogP contribution >= 0.6 is 0 Å². The van der Waals surface area contributed by atoms with Crippen molar-refractivity contribution in [3.63, 3.8) is 0 Å². The zero-order valence-electron chi connectivity index (χ0n) is 5.26. The van der Waals surface area contributed by atoms with Gasteiger partial charge >= 0.3 is 12.1 Å². The van der Waals surface area contributed by atoms with Crippen molar-refractivity contribution in [2.45, 2.75) is 18.3 Å². The topological polar surface area (TPSA) is 49.4 Å². The van der Waals surface area contributed by atoms with Gasteiger partial charge in [-0.15, -0.1) is 10.2 Å². The first kappa shape index (κ1) is 8.94. The minimum atomic E-state index is -5.68. The molecule has 0 spiro atoms. The summed E-state index contributed by atoms with van der Waals surface area (Å²) in [5, 5.41) is 10.1. The van der Waals surface area contributed by atoms with Crippen LogP contribution in [0.3, 0.4) is 0 Å². The average molecular weight is 188 g/mol. The summed E-state index contributed by atoms with van der Waals surface area (Å²) in [6.07, 6.45) is -8.25. The van der Waals surface area contributed by atoms with Gasteiger partial charge < -0.3 is 0 Å². The molecule has 1 aliphatic rings. The number of halogens is 5. The number of hydrogen-bond donors (Lipinski definition) is 0. The lowest BCUT2D eigenvalue weighted by Gasteiger charge is -2.19. The monoisotopic (exact) mass is 188 g/mol. The molecule has 0 aliphatic carbocycles. The van der Waals surface area contributed by atoms with Crippen LogP contribution in [0.2, 0.25) is 0 Å². The molecule has 0 amide bonds. The molecule has 0 aromatic rings. The maximum atomic E-state index is 12.2. The molecule has 0 aromatic carbocycles. The molecule has 0 fully saturated rings. The first-order valence-corrected chi connectivity index (χ1v) is 2.60. The van der Waals surface area contributed by atoms with Gasteiger partial charge in [-0.05, 0) is 10.4 Å². The maximum absolute atomic E-state index is 12.2. The third kappa shape index (κ3) is 1.25. The van der Waals surface area contributed by atoms with Crippen molar-refractivity contribution in [3.05, 3.63) is 0 Å². The second-order valence-corrected chi connectivity index (χ2v) is 1.90. The number of rotatable bonds is 1. The van der Waals surface area contributed by atoms with E-state index in [2.05, 4.69) is 20.7 Å². The third-order valence-electron chi connectivity index (χ3n) is 1.06. The van der Waals surface area contributed by atoms with Crippen LogP contribution in [0.15, 0.2) is 20.7 Å². The molecular formula is C3HF5N4. The summed E-state index contributed by atoms with van der Waals surface area (Å²) in [4.78, 5) is 0. The first-order valence-electron chi connectivity index (χ1n) is 2.60. The average Bonchev–Trinajstić information content (AvgIpc) is 2.34. The highest BCUT2D eigenvalue weighted by Gasteiger charge is 2.64. The Bertz CT molecular complexity index is 217. The van der Waals surface area contributed by atoms with Crippen LogP contribution in [0.5, 0.6) is 0 Å². The van der Waals surface area contributed by atoms with E-state index in [1.54, 1.807) is 0 Å². The molecule has 0 N–H and O–H groups in total. The van der Waals surface area contributed by atoms with E-state index in [9.17, 15) is 22.0 Å². The van der Waals surface area contributed by atoms with Crippen molar-refractivity contribution in [2.24, 2.45) is 20.7 Å². The number of alkyl halides is 5. The van der Waals surface area contributed by atoms with Gasteiger partial charge in [0.15, 0.2) is 0 Å².